The van der Waals surface area contributed by atoms with Crippen molar-refractivity contribution >= 4 is 27.4 Å². The number of hydrazone groups is 1. The van der Waals surface area contributed by atoms with Crippen LogP contribution in [0.1, 0.15) is 36.7 Å². The van der Waals surface area contributed by atoms with Crippen molar-refractivity contribution in [3.05, 3.63) is 53.9 Å². The monoisotopic (exact) mass is 447 g/mol. The van der Waals surface area contributed by atoms with E-state index in [1.54, 1.807) is 42.2 Å². The van der Waals surface area contributed by atoms with Crippen molar-refractivity contribution in [3.8, 4) is 0 Å². The largest absolute Gasteiger partial charge is 0.337 e. The summed E-state index contributed by atoms with van der Waals surface area (Å²) >= 11 is 0. The molecule has 1 fully saturated rings. The summed E-state index contributed by atoms with van der Waals surface area (Å²) < 4.78 is 39.8. The maximum absolute atomic E-state index is 14.5. The number of halogens is 1. The van der Waals surface area contributed by atoms with E-state index in [0.717, 1.165) is 5.01 Å². The molecule has 0 saturated carbocycles. The summed E-state index contributed by atoms with van der Waals surface area (Å²) in [5.74, 6) is -1.10. The number of rotatable bonds is 5. The van der Waals surface area contributed by atoms with Gasteiger partial charge in [-0.1, -0.05) is 18.2 Å². The molecule has 2 aromatic rings. The Kier molecular flexibility index (Phi) is 5.61. The van der Waals surface area contributed by atoms with Crippen LogP contribution in [-0.2, 0) is 26.5 Å². The average Bonchev–Trinajstić information content (AvgIpc) is 3.31. The zero-order valence-corrected chi connectivity index (χ0v) is 17.7. The first-order valence-electron chi connectivity index (χ1n) is 9.87. The van der Waals surface area contributed by atoms with Crippen LogP contribution < -0.4 is 5.32 Å². The number of imidazole rings is 1. The molecule has 164 valence electrons. The lowest BCUT2D eigenvalue weighted by molar-refractivity contribution is -0.133. The fourth-order valence-electron chi connectivity index (χ4n) is 3.85. The summed E-state index contributed by atoms with van der Waals surface area (Å²) in [4.78, 5) is 29.6. The molecule has 0 bridgehead atoms. The number of carbonyl (C=O) groups is 2. The third-order valence-electron chi connectivity index (χ3n) is 5.48. The third kappa shape index (κ3) is 4.36. The highest BCUT2D eigenvalue weighted by Gasteiger charge is 2.37. The van der Waals surface area contributed by atoms with Crippen molar-refractivity contribution in [1.82, 2.24) is 19.9 Å². The molecule has 1 saturated heterocycles. The van der Waals surface area contributed by atoms with Crippen LogP contribution in [0.2, 0.25) is 0 Å². The molecule has 9 nitrogen and oxygen atoms in total. The van der Waals surface area contributed by atoms with Crippen molar-refractivity contribution < 1.29 is 22.4 Å². The Morgan fingerprint density at radius 2 is 2.06 bits per heavy atom. The van der Waals surface area contributed by atoms with Crippen LogP contribution in [-0.4, -0.2) is 58.1 Å². The Balaban J connectivity index is 1.61. The zero-order valence-electron chi connectivity index (χ0n) is 16.9. The summed E-state index contributed by atoms with van der Waals surface area (Å²) in [6.07, 6.45) is 3.70. The topological polar surface area (TPSA) is 114 Å². The first-order chi connectivity index (χ1) is 14.7. The van der Waals surface area contributed by atoms with E-state index < -0.39 is 33.6 Å². The van der Waals surface area contributed by atoms with Crippen LogP contribution in [0, 0.1) is 5.82 Å². The second kappa shape index (κ2) is 8.22. The molecule has 2 aliphatic rings. The van der Waals surface area contributed by atoms with Gasteiger partial charge in [-0.25, -0.2) is 22.8 Å². The molecule has 1 aromatic heterocycles. The van der Waals surface area contributed by atoms with Gasteiger partial charge in [0.25, 0.3) is 5.91 Å². The molecule has 4 rings (SSSR count). The Morgan fingerprint density at radius 1 is 1.29 bits per heavy atom. The molecule has 2 aliphatic heterocycles. The second-order valence-electron chi connectivity index (χ2n) is 7.67. The standard InChI is InChI=1S/C20H22FN5O4S/c1-25-10-9-22-19(25)18(14-4-2-3-5-15(14)21)23-20(28)16-6-7-17(27)26(24-16)13-8-11-31(29,30)12-13/h2-5,9-10,13,18H,6-8,11-12H2,1H3,(H,23,28). The van der Waals surface area contributed by atoms with Gasteiger partial charge in [0.15, 0.2) is 9.84 Å². The average molecular weight is 447 g/mol. The highest BCUT2D eigenvalue weighted by Crippen LogP contribution is 2.25. The number of carbonyl (C=O) groups excluding carboxylic acids is 2. The molecular weight excluding hydrogens is 425 g/mol. The van der Waals surface area contributed by atoms with Gasteiger partial charge in [-0.15, -0.1) is 0 Å². The maximum Gasteiger partial charge on any atom is 0.268 e. The minimum atomic E-state index is -3.22. The number of sulfone groups is 1. The van der Waals surface area contributed by atoms with E-state index in [9.17, 15) is 22.4 Å². The number of aromatic nitrogens is 2. The fourth-order valence-corrected chi connectivity index (χ4v) is 5.54. The Labute approximate surface area is 178 Å². The Bertz CT molecular complexity index is 1160. The molecular formula is C20H22FN5O4S. The van der Waals surface area contributed by atoms with Gasteiger partial charge in [0, 0.05) is 37.8 Å². The Hall–Kier alpha value is -3.08. The molecule has 0 spiro atoms. The van der Waals surface area contributed by atoms with Gasteiger partial charge in [0.2, 0.25) is 5.91 Å². The number of nitrogens with one attached hydrogen (secondary N) is 1. The van der Waals surface area contributed by atoms with Crippen molar-refractivity contribution in [2.75, 3.05) is 11.5 Å². The first kappa shape index (κ1) is 21.2. The summed E-state index contributed by atoms with van der Waals surface area (Å²) in [6.45, 7) is 0. The number of amides is 2. The summed E-state index contributed by atoms with van der Waals surface area (Å²) in [6, 6.07) is 4.65. The van der Waals surface area contributed by atoms with Gasteiger partial charge < -0.3 is 9.88 Å². The van der Waals surface area contributed by atoms with Gasteiger partial charge >= 0.3 is 0 Å². The summed E-state index contributed by atoms with van der Waals surface area (Å²) in [5.41, 5.74) is 0.343. The SMILES string of the molecule is Cn1ccnc1C(NC(=O)C1=NN(C2CCS(=O)(=O)C2)C(=O)CC1)c1ccccc1F. The normalized spacial score (nSPS) is 21.6. The lowest BCUT2D eigenvalue weighted by Gasteiger charge is -2.28. The smallest absolute Gasteiger partial charge is 0.268 e. The minimum absolute atomic E-state index is 0.00693. The summed E-state index contributed by atoms with van der Waals surface area (Å²) in [5, 5.41) is 8.09. The fraction of sp³-hybridized carbons (Fsp3) is 0.400. The predicted molar refractivity (Wildman–Crippen MR) is 110 cm³/mol. The van der Waals surface area contributed by atoms with Gasteiger partial charge in [0.05, 0.1) is 17.5 Å². The molecule has 0 aliphatic carbocycles. The van der Waals surface area contributed by atoms with Crippen LogP contribution in [0.25, 0.3) is 0 Å². The lowest BCUT2D eigenvalue weighted by atomic mass is 10.0. The van der Waals surface area contributed by atoms with Crippen LogP contribution in [0.15, 0.2) is 41.8 Å². The van der Waals surface area contributed by atoms with Crippen molar-refractivity contribution in [3.63, 3.8) is 0 Å². The van der Waals surface area contributed by atoms with Gasteiger partial charge in [0.1, 0.15) is 23.4 Å². The van der Waals surface area contributed by atoms with E-state index in [4.69, 9.17) is 0 Å². The zero-order chi connectivity index (χ0) is 22.2. The lowest BCUT2D eigenvalue weighted by Crippen LogP contribution is -2.44. The molecule has 2 atom stereocenters. The molecule has 3 heterocycles. The van der Waals surface area contributed by atoms with E-state index in [1.807, 2.05) is 0 Å². The number of hydrogen-bond donors (Lipinski definition) is 1. The van der Waals surface area contributed by atoms with Gasteiger partial charge in [-0.05, 0) is 12.5 Å². The quantitative estimate of drug-likeness (QED) is 0.733. The Morgan fingerprint density at radius 3 is 2.71 bits per heavy atom. The molecule has 1 N–H and O–H groups in total. The molecule has 1 aromatic carbocycles. The summed E-state index contributed by atoms with van der Waals surface area (Å²) in [7, 11) is -1.48. The van der Waals surface area contributed by atoms with Gasteiger partial charge in [-0.3, -0.25) is 9.59 Å². The van der Waals surface area contributed by atoms with Crippen LogP contribution in [0.4, 0.5) is 4.39 Å². The molecule has 31 heavy (non-hydrogen) atoms. The number of benzene rings is 1. The van der Waals surface area contributed by atoms with Crippen LogP contribution >= 0.6 is 0 Å². The third-order valence-corrected chi connectivity index (χ3v) is 7.23. The number of nitrogens with zero attached hydrogens (tertiary/aromatic N) is 4. The van der Waals surface area contributed by atoms with Crippen molar-refractivity contribution in [2.45, 2.75) is 31.3 Å². The van der Waals surface area contributed by atoms with Crippen LogP contribution in [0.3, 0.4) is 0 Å². The van der Waals surface area contributed by atoms with Gasteiger partial charge in [-0.2, -0.15) is 5.10 Å². The highest BCUT2D eigenvalue weighted by atomic mass is 32.2. The molecule has 0 radical (unpaired) electrons. The van der Waals surface area contributed by atoms with E-state index >= 15 is 0 Å². The van der Waals surface area contributed by atoms with E-state index in [1.165, 1.54) is 6.07 Å². The second-order valence-corrected chi connectivity index (χ2v) is 9.89. The molecule has 2 amide bonds. The number of aryl methyl sites for hydroxylation is 1. The minimum Gasteiger partial charge on any atom is -0.337 e. The van der Waals surface area contributed by atoms with Crippen molar-refractivity contribution in [1.29, 1.82) is 0 Å². The van der Waals surface area contributed by atoms with E-state index in [0.29, 0.717) is 5.82 Å². The highest BCUT2D eigenvalue weighted by molar-refractivity contribution is 7.91. The van der Waals surface area contributed by atoms with Crippen LogP contribution in [0.5, 0.6) is 0 Å². The molecule has 11 heteroatoms. The van der Waals surface area contributed by atoms with E-state index in [-0.39, 0.29) is 48.0 Å². The number of hydrogen-bond acceptors (Lipinski definition) is 6. The first-order valence-corrected chi connectivity index (χ1v) is 11.7. The van der Waals surface area contributed by atoms with E-state index in [2.05, 4.69) is 15.4 Å². The molecule has 2 unspecified atom stereocenters. The maximum atomic E-state index is 14.5. The van der Waals surface area contributed by atoms with Crippen molar-refractivity contribution in [2.24, 2.45) is 12.1 Å². The predicted octanol–water partition coefficient (Wildman–Crippen LogP) is 0.930.